The van der Waals surface area contributed by atoms with Crippen LogP contribution in [0.2, 0.25) is 0 Å². The fourth-order valence-corrected chi connectivity index (χ4v) is 1.94. The van der Waals surface area contributed by atoms with Crippen molar-refractivity contribution in [2.24, 2.45) is 0 Å². The van der Waals surface area contributed by atoms with Gasteiger partial charge in [0.05, 0.1) is 7.11 Å². The molecule has 1 unspecified atom stereocenters. The molecule has 0 aromatic carbocycles. The van der Waals surface area contributed by atoms with E-state index in [1.54, 1.807) is 25.2 Å². The molecule has 1 aromatic heterocycles. The van der Waals surface area contributed by atoms with Crippen molar-refractivity contribution >= 4 is 17.7 Å². The van der Waals surface area contributed by atoms with Gasteiger partial charge in [-0.25, -0.2) is 9.78 Å². The minimum absolute atomic E-state index is 0.207. The van der Waals surface area contributed by atoms with Crippen LogP contribution in [0.5, 0.6) is 0 Å². The van der Waals surface area contributed by atoms with Crippen molar-refractivity contribution in [3.63, 3.8) is 0 Å². The normalized spacial score (nSPS) is 13.9. The number of methoxy groups -OCH3 is 1. The largest absolute Gasteiger partial charge is 0.466 e. The van der Waals surface area contributed by atoms with E-state index in [1.165, 1.54) is 13.0 Å². The number of amides is 1. The smallest absolute Gasteiger partial charge is 0.441 e. The molecule has 1 aromatic rings. The molecule has 0 aliphatic rings. The van der Waals surface area contributed by atoms with Crippen molar-refractivity contribution in [3.05, 3.63) is 23.4 Å². The van der Waals surface area contributed by atoms with Crippen LogP contribution in [-0.4, -0.2) is 35.8 Å². The van der Waals surface area contributed by atoms with Gasteiger partial charge in [0.25, 0.3) is 0 Å². The Morgan fingerprint density at radius 3 is 2.30 bits per heavy atom. The topological polar surface area (TPSA) is 80.3 Å². The number of halogens is 3. The van der Waals surface area contributed by atoms with Gasteiger partial charge in [-0.2, -0.15) is 13.2 Å². The minimum atomic E-state index is -5.15. The zero-order chi connectivity index (χ0) is 17.8. The van der Waals surface area contributed by atoms with Crippen molar-refractivity contribution in [2.75, 3.05) is 12.4 Å². The molecule has 1 rings (SSSR count). The molecule has 1 atom stereocenters. The number of carbonyl (C=O) groups is 2. The van der Waals surface area contributed by atoms with Gasteiger partial charge in [-0.1, -0.05) is 6.92 Å². The Bertz CT molecular complexity index is 584. The fourth-order valence-electron chi connectivity index (χ4n) is 1.94. The summed E-state index contributed by atoms with van der Waals surface area (Å²) in [6, 6.07) is 2.98. The summed E-state index contributed by atoms with van der Waals surface area (Å²) in [5.74, 6) is -2.86. The van der Waals surface area contributed by atoms with Crippen LogP contribution >= 0.6 is 0 Å². The Balaban J connectivity index is 3.41. The number of nitrogens with zero attached hydrogens (tertiary/aromatic N) is 1. The number of carbonyl (C=O) groups excluding carboxylic acids is 2. The van der Waals surface area contributed by atoms with Crippen LogP contribution in [0.4, 0.5) is 19.0 Å². The molecule has 2 N–H and O–H groups in total. The summed E-state index contributed by atoms with van der Waals surface area (Å²) >= 11 is 0. The number of esters is 1. The van der Waals surface area contributed by atoms with E-state index in [9.17, 15) is 22.8 Å². The molecule has 1 amide bonds. The highest BCUT2D eigenvalue weighted by atomic mass is 19.4. The predicted molar refractivity (Wildman–Crippen MR) is 76.6 cm³/mol. The maximum Gasteiger partial charge on any atom is 0.441 e. The highest BCUT2D eigenvalue weighted by Crippen LogP contribution is 2.33. The highest BCUT2D eigenvalue weighted by molar-refractivity contribution is 5.91. The van der Waals surface area contributed by atoms with Crippen LogP contribution < -0.4 is 10.6 Å². The van der Waals surface area contributed by atoms with Crippen LogP contribution in [0, 0.1) is 13.8 Å². The van der Waals surface area contributed by atoms with Gasteiger partial charge in [0.15, 0.2) is 0 Å². The summed E-state index contributed by atoms with van der Waals surface area (Å²) in [7, 11) is 0.803. The summed E-state index contributed by atoms with van der Waals surface area (Å²) in [6.45, 7) is 4.62. The van der Waals surface area contributed by atoms with Crippen molar-refractivity contribution in [1.29, 1.82) is 0 Å². The molecular formula is C14H18F3N3O3. The quantitative estimate of drug-likeness (QED) is 0.637. The molecule has 0 aliphatic heterocycles. The number of anilines is 1. The summed E-state index contributed by atoms with van der Waals surface area (Å²) in [5.41, 5.74) is -2.32. The molecule has 1 heterocycles. The van der Waals surface area contributed by atoms with Crippen molar-refractivity contribution in [3.8, 4) is 0 Å². The van der Waals surface area contributed by atoms with Crippen LogP contribution in [0.25, 0.3) is 0 Å². The zero-order valence-electron chi connectivity index (χ0n) is 13.2. The number of aryl methyl sites for hydroxylation is 2. The van der Waals surface area contributed by atoms with Gasteiger partial charge < -0.3 is 15.4 Å². The van der Waals surface area contributed by atoms with Crippen LogP contribution in [0.1, 0.15) is 24.6 Å². The molecule has 0 saturated carbocycles. The van der Waals surface area contributed by atoms with Crippen LogP contribution in [0.15, 0.2) is 12.1 Å². The van der Waals surface area contributed by atoms with E-state index in [0.717, 1.165) is 7.11 Å². The highest BCUT2D eigenvalue weighted by Gasteiger charge is 2.63. The van der Waals surface area contributed by atoms with E-state index in [4.69, 9.17) is 0 Å². The lowest BCUT2D eigenvalue weighted by atomic mass is 10.1. The number of aromatic nitrogens is 1. The SMILES string of the molecule is CCC(=O)NC(Nc1cc(C)cc(C)n1)(C(=O)OC)C(F)(F)F. The number of ether oxygens (including phenoxy) is 1. The molecular weight excluding hydrogens is 315 g/mol. The number of hydrogen-bond acceptors (Lipinski definition) is 5. The van der Waals surface area contributed by atoms with E-state index in [-0.39, 0.29) is 12.2 Å². The van der Waals surface area contributed by atoms with E-state index in [1.807, 2.05) is 5.32 Å². The standard InChI is InChI=1S/C14H18F3N3O3/c1-5-11(21)20-13(12(22)23-4,14(15,16)17)19-10-7-8(2)6-9(3)18-10/h6-7H,5H2,1-4H3,(H,18,19)(H,20,21). The average Bonchev–Trinajstić information content (AvgIpc) is 2.43. The predicted octanol–water partition coefficient (Wildman–Crippen LogP) is 2.07. The Morgan fingerprint density at radius 1 is 1.26 bits per heavy atom. The Labute approximate surface area is 131 Å². The first-order valence-corrected chi connectivity index (χ1v) is 6.75. The van der Waals surface area contributed by atoms with E-state index < -0.39 is 23.7 Å². The van der Waals surface area contributed by atoms with Gasteiger partial charge in [0.2, 0.25) is 5.91 Å². The van der Waals surface area contributed by atoms with Crippen molar-refractivity contribution < 1.29 is 27.5 Å². The van der Waals surface area contributed by atoms with Crippen molar-refractivity contribution in [2.45, 2.75) is 39.0 Å². The fraction of sp³-hybridized carbons (Fsp3) is 0.500. The number of pyridine rings is 1. The number of alkyl halides is 3. The molecule has 0 aliphatic carbocycles. The third kappa shape index (κ3) is 4.11. The molecule has 0 fully saturated rings. The zero-order valence-corrected chi connectivity index (χ0v) is 13.2. The minimum Gasteiger partial charge on any atom is -0.466 e. The van der Waals surface area contributed by atoms with Crippen molar-refractivity contribution in [1.82, 2.24) is 10.3 Å². The molecule has 0 spiro atoms. The first kappa shape index (κ1) is 18.7. The van der Waals surface area contributed by atoms with Gasteiger partial charge in [0.1, 0.15) is 5.82 Å². The van der Waals surface area contributed by atoms with Gasteiger partial charge in [0, 0.05) is 12.1 Å². The maximum atomic E-state index is 13.6. The number of hydrogen-bond donors (Lipinski definition) is 2. The molecule has 6 nitrogen and oxygen atoms in total. The van der Waals surface area contributed by atoms with Gasteiger partial charge in [-0.3, -0.25) is 4.79 Å². The van der Waals surface area contributed by atoms with Gasteiger partial charge in [-0.15, -0.1) is 0 Å². The first-order valence-electron chi connectivity index (χ1n) is 6.75. The second-order valence-corrected chi connectivity index (χ2v) is 4.94. The third-order valence-electron chi connectivity index (χ3n) is 2.98. The van der Waals surface area contributed by atoms with E-state index in [0.29, 0.717) is 11.3 Å². The summed E-state index contributed by atoms with van der Waals surface area (Å²) in [6.07, 6.45) is -5.39. The monoisotopic (exact) mass is 333 g/mol. The average molecular weight is 333 g/mol. The second kappa shape index (κ2) is 6.84. The molecule has 128 valence electrons. The number of rotatable bonds is 5. The lowest BCUT2D eigenvalue weighted by Gasteiger charge is -2.34. The first-order chi connectivity index (χ1) is 10.6. The Morgan fingerprint density at radius 2 is 1.87 bits per heavy atom. The lowest BCUT2D eigenvalue weighted by Crippen LogP contribution is -2.69. The molecule has 0 radical (unpaired) electrons. The van der Waals surface area contributed by atoms with Gasteiger partial charge >= 0.3 is 17.8 Å². The molecule has 0 bridgehead atoms. The Hall–Kier alpha value is -2.32. The molecule has 0 saturated heterocycles. The second-order valence-electron chi connectivity index (χ2n) is 4.94. The molecule has 9 heteroatoms. The number of nitrogens with one attached hydrogen (secondary N) is 2. The summed E-state index contributed by atoms with van der Waals surface area (Å²) in [5, 5.41) is 3.66. The molecule has 23 heavy (non-hydrogen) atoms. The lowest BCUT2D eigenvalue weighted by molar-refractivity contribution is -0.206. The van der Waals surface area contributed by atoms with Crippen LogP contribution in [0.3, 0.4) is 0 Å². The summed E-state index contributed by atoms with van der Waals surface area (Å²) in [4.78, 5) is 27.3. The van der Waals surface area contributed by atoms with E-state index in [2.05, 4.69) is 9.72 Å². The van der Waals surface area contributed by atoms with Gasteiger partial charge in [-0.05, 0) is 31.5 Å². The maximum absolute atomic E-state index is 13.6. The van der Waals surface area contributed by atoms with E-state index >= 15 is 0 Å². The van der Waals surface area contributed by atoms with Crippen LogP contribution in [-0.2, 0) is 14.3 Å². The third-order valence-corrected chi connectivity index (χ3v) is 2.98. The Kier molecular flexibility index (Phi) is 5.57. The summed E-state index contributed by atoms with van der Waals surface area (Å²) < 4.78 is 45.0.